The summed E-state index contributed by atoms with van der Waals surface area (Å²) in [7, 11) is 0. The van der Waals surface area contributed by atoms with Crippen LogP contribution in [-0.2, 0) is 0 Å². The zero-order valence-electron chi connectivity index (χ0n) is 8.14. The van der Waals surface area contributed by atoms with Crippen LogP contribution in [-0.4, -0.2) is 5.11 Å². The summed E-state index contributed by atoms with van der Waals surface area (Å²) in [5.74, 6) is 5.33. The summed E-state index contributed by atoms with van der Waals surface area (Å²) in [6.07, 6.45) is 1.25. The van der Waals surface area contributed by atoms with Gasteiger partial charge in [0.1, 0.15) is 5.75 Å². The molecular weight excluding hydrogens is 312 g/mol. The molecule has 0 amide bonds. The van der Waals surface area contributed by atoms with Gasteiger partial charge in [-0.3, -0.25) is 5.84 Å². The van der Waals surface area contributed by atoms with Crippen molar-refractivity contribution in [3.8, 4) is 5.75 Å². The normalized spacial score (nSPS) is 8.93. The van der Waals surface area contributed by atoms with Crippen LogP contribution in [0.25, 0.3) is 0 Å². The van der Waals surface area contributed by atoms with Crippen molar-refractivity contribution in [2.45, 2.75) is 20.3 Å². The molecule has 5 heteroatoms. The van der Waals surface area contributed by atoms with Crippen LogP contribution in [0.15, 0.2) is 21.1 Å². The van der Waals surface area contributed by atoms with Gasteiger partial charge in [-0.05, 0) is 44.0 Å². The average Bonchev–Trinajstić information content (AvgIpc) is 2.14. The summed E-state index contributed by atoms with van der Waals surface area (Å²) in [5.41, 5.74) is 3.19. The van der Waals surface area contributed by atoms with Crippen molar-refractivity contribution >= 4 is 37.5 Å². The molecule has 0 radical (unpaired) electrons. The standard InChI is InChI=1S/C6H6Br2N2O.C3H8/c7-4-1-3(10-9)2-5(8)6(4)11;1-3-2/h1-2,10-11H,9H2;3H2,1-2H3. The molecule has 0 aromatic heterocycles. The van der Waals surface area contributed by atoms with Crippen LogP contribution in [0.2, 0.25) is 0 Å². The summed E-state index contributed by atoms with van der Waals surface area (Å²) in [5, 5.41) is 9.26. The van der Waals surface area contributed by atoms with Crippen molar-refractivity contribution in [3.05, 3.63) is 21.1 Å². The summed E-state index contributed by atoms with van der Waals surface area (Å²) in [6, 6.07) is 3.36. The summed E-state index contributed by atoms with van der Waals surface area (Å²) < 4.78 is 1.19. The molecule has 14 heavy (non-hydrogen) atoms. The van der Waals surface area contributed by atoms with E-state index in [0.29, 0.717) is 8.95 Å². The molecule has 1 aromatic carbocycles. The first-order chi connectivity index (χ1) is 6.56. The van der Waals surface area contributed by atoms with E-state index in [2.05, 4.69) is 51.1 Å². The highest BCUT2D eigenvalue weighted by molar-refractivity contribution is 9.11. The maximum Gasteiger partial charge on any atom is 0.144 e. The number of hydrazine groups is 1. The maximum absolute atomic E-state index is 9.26. The van der Waals surface area contributed by atoms with Crippen molar-refractivity contribution in [3.63, 3.8) is 0 Å². The Morgan fingerprint density at radius 2 is 1.64 bits per heavy atom. The molecule has 4 N–H and O–H groups in total. The van der Waals surface area contributed by atoms with Gasteiger partial charge in [0, 0.05) is 0 Å². The van der Waals surface area contributed by atoms with Crippen LogP contribution in [0.4, 0.5) is 5.69 Å². The number of hydrogen-bond acceptors (Lipinski definition) is 3. The molecule has 3 nitrogen and oxygen atoms in total. The number of hydrogen-bond donors (Lipinski definition) is 3. The first kappa shape index (κ1) is 13.7. The third-order valence-electron chi connectivity index (χ3n) is 1.18. The van der Waals surface area contributed by atoms with E-state index in [9.17, 15) is 5.11 Å². The molecule has 1 aromatic rings. The Balaban J connectivity index is 0.000000500. The van der Waals surface area contributed by atoms with Gasteiger partial charge in [0.25, 0.3) is 0 Å². The van der Waals surface area contributed by atoms with Gasteiger partial charge < -0.3 is 10.5 Å². The molecule has 0 aliphatic carbocycles. The smallest absolute Gasteiger partial charge is 0.144 e. The number of nitrogens with two attached hydrogens (primary N) is 1. The quantitative estimate of drug-likeness (QED) is 0.420. The first-order valence-electron chi connectivity index (χ1n) is 4.21. The molecule has 0 aliphatic heterocycles. The Morgan fingerprint density at radius 1 is 1.29 bits per heavy atom. The van der Waals surface area contributed by atoms with Crippen LogP contribution in [0.1, 0.15) is 20.3 Å². The topological polar surface area (TPSA) is 58.3 Å². The van der Waals surface area contributed by atoms with Gasteiger partial charge >= 0.3 is 0 Å². The van der Waals surface area contributed by atoms with Crippen LogP contribution in [0.5, 0.6) is 5.75 Å². The number of aromatic hydroxyl groups is 1. The van der Waals surface area contributed by atoms with E-state index in [4.69, 9.17) is 5.84 Å². The Kier molecular flexibility index (Phi) is 6.96. The molecule has 0 atom stereocenters. The summed E-state index contributed by atoms with van der Waals surface area (Å²) in [6.45, 7) is 4.25. The number of halogens is 2. The number of nitrogens with one attached hydrogen (secondary N) is 1. The zero-order chi connectivity index (χ0) is 11.1. The van der Waals surface area contributed by atoms with Crippen LogP contribution >= 0.6 is 31.9 Å². The van der Waals surface area contributed by atoms with Gasteiger partial charge in [-0.15, -0.1) is 0 Å². The highest BCUT2D eigenvalue weighted by Gasteiger charge is 2.03. The lowest BCUT2D eigenvalue weighted by Gasteiger charge is -2.03. The van der Waals surface area contributed by atoms with Crippen molar-refractivity contribution in [1.29, 1.82) is 0 Å². The van der Waals surface area contributed by atoms with E-state index in [1.165, 1.54) is 6.42 Å². The zero-order valence-corrected chi connectivity index (χ0v) is 11.3. The number of nitrogen functional groups attached to an aromatic ring is 1. The van der Waals surface area contributed by atoms with Crippen LogP contribution < -0.4 is 11.3 Å². The predicted octanol–water partition coefficient (Wildman–Crippen LogP) is 3.62. The number of phenols is 1. The molecule has 0 bridgehead atoms. The van der Waals surface area contributed by atoms with Crippen LogP contribution in [0, 0.1) is 0 Å². The fraction of sp³-hybridized carbons (Fsp3) is 0.333. The molecule has 0 fully saturated rings. The molecule has 80 valence electrons. The Hall–Kier alpha value is -0.260. The van der Waals surface area contributed by atoms with E-state index >= 15 is 0 Å². The number of benzene rings is 1. The third kappa shape index (κ3) is 4.30. The van der Waals surface area contributed by atoms with E-state index in [1.807, 2.05) is 0 Å². The maximum atomic E-state index is 9.26. The highest BCUT2D eigenvalue weighted by atomic mass is 79.9. The van der Waals surface area contributed by atoms with Gasteiger partial charge in [0.05, 0.1) is 14.6 Å². The number of phenolic OH excluding ortho intramolecular Hbond substituents is 1. The minimum Gasteiger partial charge on any atom is -0.506 e. The fourth-order valence-electron chi connectivity index (χ4n) is 0.649. The van der Waals surface area contributed by atoms with Crippen LogP contribution in [0.3, 0.4) is 0 Å². The summed E-state index contributed by atoms with van der Waals surface area (Å²) in [4.78, 5) is 0. The van der Waals surface area contributed by atoms with Gasteiger partial charge in [-0.25, -0.2) is 0 Å². The third-order valence-corrected chi connectivity index (χ3v) is 2.39. The Morgan fingerprint density at radius 3 is 1.93 bits per heavy atom. The van der Waals surface area contributed by atoms with Crippen molar-refractivity contribution < 1.29 is 5.11 Å². The van der Waals surface area contributed by atoms with Crippen molar-refractivity contribution in [2.24, 2.45) is 5.84 Å². The van der Waals surface area contributed by atoms with E-state index in [-0.39, 0.29) is 5.75 Å². The molecule has 0 saturated carbocycles. The summed E-state index contributed by atoms with van der Waals surface area (Å²) >= 11 is 6.32. The molecule has 0 aliphatic rings. The SMILES string of the molecule is CCC.NNc1cc(Br)c(O)c(Br)c1. The van der Waals surface area contributed by atoms with Crippen molar-refractivity contribution in [1.82, 2.24) is 0 Å². The van der Waals surface area contributed by atoms with Crippen molar-refractivity contribution in [2.75, 3.05) is 5.43 Å². The number of anilines is 1. The molecule has 0 spiro atoms. The predicted molar refractivity (Wildman–Crippen MR) is 67.3 cm³/mol. The molecular formula is C9H14Br2N2O. The lowest BCUT2D eigenvalue weighted by molar-refractivity contribution is 0.468. The van der Waals surface area contributed by atoms with Gasteiger partial charge in [-0.2, -0.15) is 0 Å². The molecule has 0 saturated heterocycles. The fourth-order valence-corrected chi connectivity index (χ4v) is 1.84. The minimum absolute atomic E-state index is 0.170. The number of rotatable bonds is 1. The second kappa shape index (κ2) is 7.09. The van der Waals surface area contributed by atoms with Gasteiger partial charge in [-0.1, -0.05) is 20.3 Å². The monoisotopic (exact) mass is 324 g/mol. The molecule has 0 heterocycles. The second-order valence-corrected chi connectivity index (χ2v) is 4.35. The first-order valence-corrected chi connectivity index (χ1v) is 5.80. The minimum atomic E-state index is 0.170. The van der Waals surface area contributed by atoms with Gasteiger partial charge in [0.15, 0.2) is 0 Å². The molecule has 0 unspecified atom stereocenters. The van der Waals surface area contributed by atoms with Gasteiger partial charge in [0.2, 0.25) is 0 Å². The van der Waals surface area contributed by atoms with E-state index in [1.54, 1.807) is 12.1 Å². The Bertz CT molecular complexity index is 269. The average molecular weight is 326 g/mol. The van der Waals surface area contributed by atoms with E-state index in [0.717, 1.165) is 5.69 Å². The second-order valence-electron chi connectivity index (χ2n) is 2.64. The lowest BCUT2D eigenvalue weighted by Crippen LogP contribution is -2.06. The lowest BCUT2D eigenvalue weighted by atomic mass is 10.3. The Labute approximate surface area is 101 Å². The highest BCUT2D eigenvalue weighted by Crippen LogP contribution is 2.34. The molecule has 1 rings (SSSR count). The largest absolute Gasteiger partial charge is 0.506 e. The van der Waals surface area contributed by atoms with E-state index < -0.39 is 0 Å².